The molecule has 0 aromatic heterocycles. The molecule has 0 saturated carbocycles. The molecule has 1 aliphatic heterocycles. The van der Waals surface area contributed by atoms with Crippen LogP contribution in [0.25, 0.3) is 0 Å². The SMILES string of the molecule is C[C@H]1N[C@H](c2ccc(Br)cc2)O[C@@H]1c1ccccc1. The van der Waals surface area contributed by atoms with Crippen LogP contribution >= 0.6 is 15.9 Å². The zero-order valence-electron chi connectivity index (χ0n) is 10.7. The number of hydrogen-bond acceptors (Lipinski definition) is 2. The summed E-state index contributed by atoms with van der Waals surface area (Å²) >= 11 is 3.45. The van der Waals surface area contributed by atoms with Gasteiger partial charge in [0, 0.05) is 10.5 Å². The van der Waals surface area contributed by atoms with Crippen molar-refractivity contribution in [2.75, 3.05) is 0 Å². The summed E-state index contributed by atoms with van der Waals surface area (Å²) < 4.78 is 7.24. The van der Waals surface area contributed by atoms with Crippen LogP contribution in [0.5, 0.6) is 0 Å². The van der Waals surface area contributed by atoms with E-state index in [1.807, 2.05) is 18.2 Å². The quantitative estimate of drug-likeness (QED) is 0.896. The van der Waals surface area contributed by atoms with Gasteiger partial charge in [-0.2, -0.15) is 0 Å². The van der Waals surface area contributed by atoms with E-state index in [0.29, 0.717) is 6.04 Å². The number of ether oxygens (including phenoxy) is 1. The number of nitrogens with one attached hydrogen (secondary N) is 1. The number of halogens is 1. The molecular formula is C16H16BrNO. The summed E-state index contributed by atoms with van der Waals surface area (Å²) in [6, 6.07) is 18.9. The average molecular weight is 318 g/mol. The van der Waals surface area contributed by atoms with Crippen LogP contribution in [-0.2, 0) is 4.74 Å². The normalized spacial score (nSPS) is 26.5. The Labute approximate surface area is 121 Å². The van der Waals surface area contributed by atoms with Gasteiger partial charge < -0.3 is 4.74 Å². The summed E-state index contributed by atoms with van der Waals surface area (Å²) in [4.78, 5) is 0. The van der Waals surface area contributed by atoms with E-state index in [9.17, 15) is 0 Å². The monoisotopic (exact) mass is 317 g/mol. The fourth-order valence-corrected chi connectivity index (χ4v) is 2.72. The summed E-state index contributed by atoms with van der Waals surface area (Å²) in [5, 5.41) is 3.50. The second-order valence-electron chi connectivity index (χ2n) is 4.85. The van der Waals surface area contributed by atoms with Crippen molar-refractivity contribution in [1.82, 2.24) is 5.32 Å². The third-order valence-electron chi connectivity index (χ3n) is 3.45. The Morgan fingerprint density at radius 1 is 0.947 bits per heavy atom. The molecule has 0 spiro atoms. The molecule has 3 atom stereocenters. The van der Waals surface area contributed by atoms with Gasteiger partial charge in [-0.1, -0.05) is 58.4 Å². The van der Waals surface area contributed by atoms with E-state index < -0.39 is 0 Å². The van der Waals surface area contributed by atoms with Crippen LogP contribution in [0.4, 0.5) is 0 Å². The predicted octanol–water partition coefficient (Wildman–Crippen LogP) is 4.20. The minimum absolute atomic E-state index is 0.0340. The van der Waals surface area contributed by atoms with Crippen molar-refractivity contribution in [3.05, 3.63) is 70.2 Å². The number of hydrogen-bond donors (Lipinski definition) is 1. The number of rotatable bonds is 2. The molecule has 2 nitrogen and oxygen atoms in total. The third-order valence-corrected chi connectivity index (χ3v) is 3.98. The van der Waals surface area contributed by atoms with E-state index >= 15 is 0 Å². The lowest BCUT2D eigenvalue weighted by atomic mass is 10.0. The van der Waals surface area contributed by atoms with Crippen molar-refractivity contribution in [3.8, 4) is 0 Å². The van der Waals surface area contributed by atoms with Gasteiger partial charge in [0.2, 0.25) is 0 Å². The molecule has 0 bridgehead atoms. The topological polar surface area (TPSA) is 21.3 Å². The van der Waals surface area contributed by atoms with E-state index in [1.54, 1.807) is 0 Å². The molecule has 0 aliphatic carbocycles. The van der Waals surface area contributed by atoms with Gasteiger partial charge in [0.1, 0.15) is 12.3 Å². The largest absolute Gasteiger partial charge is 0.350 e. The Balaban J connectivity index is 1.80. The van der Waals surface area contributed by atoms with Crippen LogP contribution in [-0.4, -0.2) is 6.04 Å². The maximum Gasteiger partial charge on any atom is 0.135 e. The second kappa shape index (κ2) is 5.45. The second-order valence-corrected chi connectivity index (χ2v) is 5.77. The predicted molar refractivity (Wildman–Crippen MR) is 79.7 cm³/mol. The highest BCUT2D eigenvalue weighted by molar-refractivity contribution is 9.10. The molecule has 0 radical (unpaired) electrons. The van der Waals surface area contributed by atoms with Crippen LogP contribution in [0.3, 0.4) is 0 Å². The Morgan fingerprint density at radius 3 is 2.32 bits per heavy atom. The first kappa shape index (κ1) is 12.9. The van der Waals surface area contributed by atoms with E-state index in [-0.39, 0.29) is 12.3 Å². The van der Waals surface area contributed by atoms with Crippen molar-refractivity contribution < 1.29 is 4.74 Å². The van der Waals surface area contributed by atoms with Crippen molar-refractivity contribution in [3.63, 3.8) is 0 Å². The molecule has 1 N–H and O–H groups in total. The molecule has 2 aromatic rings. The molecule has 1 aliphatic rings. The fraction of sp³-hybridized carbons (Fsp3) is 0.250. The summed E-state index contributed by atoms with van der Waals surface area (Å²) in [7, 11) is 0. The minimum Gasteiger partial charge on any atom is -0.350 e. The summed E-state index contributed by atoms with van der Waals surface area (Å²) in [5.74, 6) is 0. The highest BCUT2D eigenvalue weighted by Crippen LogP contribution is 2.34. The van der Waals surface area contributed by atoms with Crippen LogP contribution in [0, 0.1) is 0 Å². The van der Waals surface area contributed by atoms with Gasteiger partial charge in [-0.3, -0.25) is 5.32 Å². The molecule has 2 aromatic carbocycles. The van der Waals surface area contributed by atoms with E-state index in [2.05, 4.69) is 64.6 Å². The van der Waals surface area contributed by atoms with Gasteiger partial charge in [-0.05, 0) is 30.2 Å². The Kier molecular flexibility index (Phi) is 3.69. The van der Waals surface area contributed by atoms with E-state index in [0.717, 1.165) is 10.0 Å². The lowest BCUT2D eigenvalue weighted by molar-refractivity contribution is 0.0363. The minimum atomic E-state index is -0.0340. The van der Waals surface area contributed by atoms with E-state index in [1.165, 1.54) is 5.56 Å². The van der Waals surface area contributed by atoms with Crippen molar-refractivity contribution in [1.29, 1.82) is 0 Å². The lowest BCUT2D eigenvalue weighted by Crippen LogP contribution is -2.23. The first-order chi connectivity index (χ1) is 9.24. The van der Waals surface area contributed by atoms with Gasteiger partial charge in [0.15, 0.2) is 0 Å². The van der Waals surface area contributed by atoms with Gasteiger partial charge in [-0.15, -0.1) is 0 Å². The van der Waals surface area contributed by atoms with Crippen molar-refractivity contribution in [2.24, 2.45) is 0 Å². The molecule has 0 unspecified atom stereocenters. The van der Waals surface area contributed by atoms with Crippen LogP contribution in [0.2, 0.25) is 0 Å². The Morgan fingerprint density at radius 2 is 1.63 bits per heavy atom. The maximum absolute atomic E-state index is 6.16. The van der Waals surface area contributed by atoms with Crippen LogP contribution in [0.15, 0.2) is 59.1 Å². The van der Waals surface area contributed by atoms with Gasteiger partial charge >= 0.3 is 0 Å². The summed E-state index contributed by atoms with van der Waals surface area (Å²) in [6.07, 6.45) is 0.0724. The molecule has 1 heterocycles. The highest BCUT2D eigenvalue weighted by atomic mass is 79.9. The van der Waals surface area contributed by atoms with Gasteiger partial charge in [-0.25, -0.2) is 0 Å². The summed E-state index contributed by atoms with van der Waals surface area (Å²) in [6.45, 7) is 2.16. The first-order valence-corrected chi connectivity index (χ1v) is 7.25. The van der Waals surface area contributed by atoms with Crippen molar-refractivity contribution >= 4 is 15.9 Å². The zero-order valence-corrected chi connectivity index (χ0v) is 12.3. The zero-order chi connectivity index (χ0) is 13.2. The molecule has 19 heavy (non-hydrogen) atoms. The van der Waals surface area contributed by atoms with Crippen molar-refractivity contribution in [2.45, 2.75) is 25.3 Å². The van der Waals surface area contributed by atoms with Gasteiger partial charge in [0.25, 0.3) is 0 Å². The molecule has 1 fully saturated rings. The molecule has 1 saturated heterocycles. The standard InChI is InChI=1S/C16H16BrNO/c1-11-15(12-5-3-2-4-6-12)19-16(18-11)13-7-9-14(17)10-8-13/h2-11,15-16,18H,1H3/t11-,15+,16+/m1/s1. The third kappa shape index (κ3) is 2.73. The average Bonchev–Trinajstić information content (AvgIpc) is 2.83. The Bertz CT molecular complexity index is 540. The smallest absolute Gasteiger partial charge is 0.135 e. The first-order valence-electron chi connectivity index (χ1n) is 6.46. The van der Waals surface area contributed by atoms with Gasteiger partial charge in [0.05, 0.1) is 0 Å². The highest BCUT2D eigenvalue weighted by Gasteiger charge is 2.33. The fourth-order valence-electron chi connectivity index (χ4n) is 2.45. The molecule has 3 heteroatoms. The maximum atomic E-state index is 6.16. The van der Waals surface area contributed by atoms with Crippen LogP contribution < -0.4 is 5.32 Å². The number of benzene rings is 2. The lowest BCUT2D eigenvalue weighted by Gasteiger charge is -2.14. The molecule has 0 amide bonds. The molecule has 3 rings (SSSR count). The van der Waals surface area contributed by atoms with Crippen LogP contribution in [0.1, 0.15) is 30.4 Å². The summed E-state index contributed by atoms with van der Waals surface area (Å²) in [5.41, 5.74) is 2.38. The molecular weight excluding hydrogens is 302 g/mol. The van der Waals surface area contributed by atoms with E-state index in [4.69, 9.17) is 4.74 Å². The Hall–Kier alpha value is -1.16. The molecule has 98 valence electrons.